The molecule has 0 saturated carbocycles. The zero-order chi connectivity index (χ0) is 11.4. The van der Waals surface area contributed by atoms with Gasteiger partial charge in [-0.05, 0) is 13.8 Å². The normalized spacial score (nSPS) is 10.0. The second-order valence-corrected chi connectivity index (χ2v) is 3.48. The molecule has 1 rings (SSSR count). The minimum atomic E-state index is -0.107. The number of aromatic amines is 1. The Kier molecular flexibility index (Phi) is 3.49. The van der Waals surface area contributed by atoms with Gasteiger partial charge in [-0.2, -0.15) is 5.10 Å². The molecule has 15 heavy (non-hydrogen) atoms. The van der Waals surface area contributed by atoms with Crippen LogP contribution >= 0.6 is 0 Å². The molecule has 1 aromatic rings. The number of nitrogen functional groups attached to an aromatic ring is 1. The molecule has 1 aromatic heterocycles. The second-order valence-electron chi connectivity index (χ2n) is 3.48. The number of hydrogen-bond acceptors (Lipinski definition) is 3. The highest BCUT2D eigenvalue weighted by Gasteiger charge is 2.15. The summed E-state index contributed by atoms with van der Waals surface area (Å²) in [6.07, 6.45) is 0. The molecule has 0 atom stereocenters. The van der Waals surface area contributed by atoms with E-state index in [1.165, 1.54) is 6.07 Å². The van der Waals surface area contributed by atoms with Crippen molar-refractivity contribution >= 4 is 11.7 Å². The first-order valence-corrected chi connectivity index (χ1v) is 4.79. The van der Waals surface area contributed by atoms with Gasteiger partial charge in [-0.15, -0.1) is 0 Å². The van der Waals surface area contributed by atoms with Crippen LogP contribution in [0.2, 0.25) is 0 Å². The molecule has 0 radical (unpaired) electrons. The zero-order valence-electron chi connectivity index (χ0n) is 9.08. The molecule has 0 fully saturated rings. The minimum absolute atomic E-state index is 0.107. The third-order valence-corrected chi connectivity index (χ3v) is 1.96. The molecular weight excluding hydrogens is 192 g/mol. The number of H-pyrrole nitrogens is 1. The van der Waals surface area contributed by atoms with Gasteiger partial charge in [0, 0.05) is 19.2 Å². The Morgan fingerprint density at radius 1 is 1.73 bits per heavy atom. The molecule has 1 heterocycles. The highest BCUT2D eigenvalue weighted by Crippen LogP contribution is 2.06. The Morgan fingerprint density at radius 2 is 2.40 bits per heavy atom. The molecular formula is C10H16N4O. The topological polar surface area (TPSA) is 75.0 Å². The van der Waals surface area contributed by atoms with Crippen molar-refractivity contribution in [1.29, 1.82) is 0 Å². The van der Waals surface area contributed by atoms with E-state index in [-0.39, 0.29) is 5.91 Å². The van der Waals surface area contributed by atoms with E-state index >= 15 is 0 Å². The number of hydrogen-bond donors (Lipinski definition) is 2. The van der Waals surface area contributed by atoms with Crippen molar-refractivity contribution in [2.75, 3.05) is 18.8 Å². The molecule has 0 aliphatic rings. The number of carbonyl (C=O) groups is 1. The van der Waals surface area contributed by atoms with Gasteiger partial charge < -0.3 is 10.6 Å². The van der Waals surface area contributed by atoms with Gasteiger partial charge in [0.1, 0.15) is 11.5 Å². The van der Waals surface area contributed by atoms with Gasteiger partial charge in [0.25, 0.3) is 5.91 Å². The number of carbonyl (C=O) groups excluding carboxylic acids is 1. The monoisotopic (exact) mass is 208 g/mol. The molecule has 3 N–H and O–H groups in total. The Balaban J connectivity index is 2.77. The van der Waals surface area contributed by atoms with Crippen LogP contribution in [0.1, 0.15) is 24.3 Å². The van der Waals surface area contributed by atoms with E-state index in [0.717, 1.165) is 5.57 Å². The fourth-order valence-electron chi connectivity index (χ4n) is 1.27. The maximum absolute atomic E-state index is 11.9. The summed E-state index contributed by atoms with van der Waals surface area (Å²) >= 11 is 0. The van der Waals surface area contributed by atoms with Crippen LogP contribution in [0.25, 0.3) is 0 Å². The number of aromatic nitrogens is 2. The largest absolute Gasteiger partial charge is 0.382 e. The summed E-state index contributed by atoms with van der Waals surface area (Å²) in [5.74, 6) is 0.217. The molecule has 5 nitrogen and oxygen atoms in total. The molecule has 0 aromatic carbocycles. The first kappa shape index (κ1) is 11.3. The fraction of sp³-hybridized carbons (Fsp3) is 0.400. The number of rotatable bonds is 4. The SMILES string of the molecule is C=C(C)CN(CC)C(=O)c1cc(N)n[nH]1. The van der Waals surface area contributed by atoms with Crippen molar-refractivity contribution in [3.63, 3.8) is 0 Å². The Morgan fingerprint density at radius 3 is 2.80 bits per heavy atom. The molecule has 0 bridgehead atoms. The summed E-state index contributed by atoms with van der Waals surface area (Å²) < 4.78 is 0. The lowest BCUT2D eigenvalue weighted by atomic mass is 10.3. The quantitative estimate of drug-likeness (QED) is 0.726. The third-order valence-electron chi connectivity index (χ3n) is 1.96. The molecule has 0 unspecified atom stereocenters. The Bertz CT molecular complexity index is 369. The van der Waals surface area contributed by atoms with Crippen LogP contribution in [-0.4, -0.2) is 34.1 Å². The van der Waals surface area contributed by atoms with Gasteiger partial charge in [-0.1, -0.05) is 12.2 Å². The van der Waals surface area contributed by atoms with Crippen molar-refractivity contribution < 1.29 is 4.79 Å². The lowest BCUT2D eigenvalue weighted by Gasteiger charge is -2.19. The fourth-order valence-corrected chi connectivity index (χ4v) is 1.27. The smallest absolute Gasteiger partial charge is 0.272 e. The van der Waals surface area contributed by atoms with Crippen molar-refractivity contribution in [1.82, 2.24) is 15.1 Å². The van der Waals surface area contributed by atoms with Crippen LogP contribution < -0.4 is 5.73 Å². The van der Waals surface area contributed by atoms with Crippen LogP contribution in [0, 0.1) is 0 Å². The Labute approximate surface area is 89.0 Å². The number of anilines is 1. The summed E-state index contributed by atoms with van der Waals surface area (Å²) in [6.45, 7) is 8.76. The third kappa shape index (κ3) is 2.83. The van der Waals surface area contributed by atoms with Crippen molar-refractivity contribution in [3.8, 4) is 0 Å². The lowest BCUT2D eigenvalue weighted by molar-refractivity contribution is 0.0772. The summed E-state index contributed by atoms with van der Waals surface area (Å²) in [4.78, 5) is 13.6. The minimum Gasteiger partial charge on any atom is -0.382 e. The van der Waals surface area contributed by atoms with Crippen molar-refractivity contribution in [2.24, 2.45) is 0 Å². The molecule has 1 amide bonds. The summed E-state index contributed by atoms with van der Waals surface area (Å²) in [7, 11) is 0. The van der Waals surface area contributed by atoms with E-state index < -0.39 is 0 Å². The predicted molar refractivity (Wildman–Crippen MR) is 59.4 cm³/mol. The van der Waals surface area contributed by atoms with E-state index in [9.17, 15) is 4.79 Å². The Hall–Kier alpha value is -1.78. The number of nitrogens with zero attached hydrogens (tertiary/aromatic N) is 2. The average molecular weight is 208 g/mol. The van der Waals surface area contributed by atoms with E-state index in [1.54, 1.807) is 4.90 Å². The van der Waals surface area contributed by atoms with Gasteiger partial charge >= 0.3 is 0 Å². The van der Waals surface area contributed by atoms with Gasteiger partial charge in [0.2, 0.25) is 0 Å². The molecule has 0 spiro atoms. The number of nitrogens with two attached hydrogens (primary N) is 1. The molecule has 82 valence electrons. The highest BCUT2D eigenvalue weighted by atomic mass is 16.2. The maximum atomic E-state index is 11.9. The van der Waals surface area contributed by atoms with Crippen LogP contribution in [0.5, 0.6) is 0 Å². The average Bonchev–Trinajstić information content (AvgIpc) is 2.60. The second kappa shape index (κ2) is 4.63. The van der Waals surface area contributed by atoms with E-state index in [4.69, 9.17) is 5.73 Å². The molecule has 0 saturated heterocycles. The van der Waals surface area contributed by atoms with E-state index in [1.807, 2.05) is 13.8 Å². The number of nitrogens with one attached hydrogen (secondary N) is 1. The summed E-state index contributed by atoms with van der Waals surface area (Å²) in [5.41, 5.74) is 6.78. The zero-order valence-corrected chi connectivity index (χ0v) is 9.08. The molecule has 5 heteroatoms. The van der Waals surface area contributed by atoms with Gasteiger partial charge in [-0.25, -0.2) is 0 Å². The lowest BCUT2D eigenvalue weighted by Crippen LogP contribution is -2.32. The van der Waals surface area contributed by atoms with Gasteiger partial charge in [0.05, 0.1) is 0 Å². The molecule has 0 aliphatic heterocycles. The van der Waals surface area contributed by atoms with Crippen LogP contribution in [-0.2, 0) is 0 Å². The number of likely N-dealkylation sites (N-methyl/N-ethyl adjacent to an activating group) is 1. The first-order chi connectivity index (χ1) is 7.04. The van der Waals surface area contributed by atoms with Gasteiger partial charge in [0.15, 0.2) is 0 Å². The molecule has 0 aliphatic carbocycles. The van der Waals surface area contributed by atoms with Crippen molar-refractivity contribution in [3.05, 3.63) is 23.9 Å². The van der Waals surface area contributed by atoms with E-state index in [2.05, 4.69) is 16.8 Å². The van der Waals surface area contributed by atoms with Crippen LogP contribution in [0.15, 0.2) is 18.2 Å². The highest BCUT2D eigenvalue weighted by molar-refractivity contribution is 5.93. The maximum Gasteiger partial charge on any atom is 0.272 e. The number of amides is 1. The summed E-state index contributed by atoms with van der Waals surface area (Å²) in [5, 5.41) is 6.31. The van der Waals surface area contributed by atoms with Crippen LogP contribution in [0.3, 0.4) is 0 Å². The van der Waals surface area contributed by atoms with Gasteiger partial charge in [-0.3, -0.25) is 9.89 Å². The predicted octanol–water partition coefficient (Wildman–Crippen LogP) is 1.03. The van der Waals surface area contributed by atoms with Crippen molar-refractivity contribution in [2.45, 2.75) is 13.8 Å². The van der Waals surface area contributed by atoms with E-state index in [0.29, 0.717) is 24.6 Å². The summed E-state index contributed by atoms with van der Waals surface area (Å²) in [6, 6.07) is 1.53. The van der Waals surface area contributed by atoms with Crippen LogP contribution in [0.4, 0.5) is 5.82 Å². The first-order valence-electron chi connectivity index (χ1n) is 4.79. The standard InChI is InChI=1S/C10H16N4O/c1-4-14(6-7(2)3)10(15)8-5-9(11)13-12-8/h5H,2,4,6H2,1,3H3,(H3,11,12,13).